The first-order valence-electron chi connectivity index (χ1n) is 5.65. The number of hydrogen-bond acceptors (Lipinski definition) is 3. The molecule has 0 aliphatic heterocycles. The van der Waals surface area contributed by atoms with Gasteiger partial charge < -0.3 is 9.84 Å². The Balaban J connectivity index is 2.42. The molecule has 1 aromatic heterocycles. The van der Waals surface area contributed by atoms with Crippen molar-refractivity contribution in [3.8, 4) is 16.9 Å². The van der Waals surface area contributed by atoms with Crippen LogP contribution in [-0.2, 0) is 0 Å². The highest BCUT2D eigenvalue weighted by Crippen LogP contribution is 2.27. The number of carboxylic acid groups (broad SMARTS) is 1. The van der Waals surface area contributed by atoms with Crippen molar-refractivity contribution in [2.24, 2.45) is 0 Å². The van der Waals surface area contributed by atoms with Crippen LogP contribution in [0.1, 0.15) is 23.1 Å². The molecule has 0 saturated heterocycles. The number of carbonyl (C=O) groups is 1. The lowest BCUT2D eigenvalue weighted by Crippen LogP contribution is -1.99. The molecular formula is C13H14N2O3. The van der Waals surface area contributed by atoms with Gasteiger partial charge in [0, 0.05) is 11.3 Å². The molecule has 18 heavy (non-hydrogen) atoms. The van der Waals surface area contributed by atoms with Crippen LogP contribution in [0.15, 0.2) is 24.3 Å². The highest BCUT2D eigenvalue weighted by molar-refractivity contribution is 5.94. The molecule has 5 nitrogen and oxygen atoms in total. The van der Waals surface area contributed by atoms with Crippen molar-refractivity contribution in [3.05, 3.63) is 35.7 Å². The van der Waals surface area contributed by atoms with Crippen LogP contribution in [0.4, 0.5) is 0 Å². The summed E-state index contributed by atoms with van der Waals surface area (Å²) in [6.07, 6.45) is 0. The maximum atomic E-state index is 11.1. The van der Waals surface area contributed by atoms with E-state index in [1.54, 1.807) is 6.92 Å². The topological polar surface area (TPSA) is 75.2 Å². The third kappa shape index (κ3) is 2.20. The molecule has 2 rings (SSSR count). The number of rotatable bonds is 4. The Hall–Kier alpha value is -2.30. The molecule has 0 fully saturated rings. The minimum atomic E-state index is -1.04. The Morgan fingerprint density at radius 3 is 2.61 bits per heavy atom. The minimum absolute atomic E-state index is 0.0386. The van der Waals surface area contributed by atoms with E-state index < -0.39 is 5.97 Å². The van der Waals surface area contributed by atoms with Gasteiger partial charge in [0.1, 0.15) is 5.75 Å². The van der Waals surface area contributed by atoms with Gasteiger partial charge in [-0.05, 0) is 31.5 Å². The average Bonchev–Trinajstić information content (AvgIpc) is 2.73. The molecule has 5 heteroatoms. The lowest BCUT2D eigenvalue weighted by Gasteiger charge is -2.05. The Morgan fingerprint density at radius 1 is 1.39 bits per heavy atom. The first-order valence-corrected chi connectivity index (χ1v) is 5.65. The highest BCUT2D eigenvalue weighted by Gasteiger charge is 2.17. The van der Waals surface area contributed by atoms with Crippen LogP contribution in [0.25, 0.3) is 11.1 Å². The zero-order valence-corrected chi connectivity index (χ0v) is 10.2. The summed E-state index contributed by atoms with van der Waals surface area (Å²) in [6.45, 7) is 4.31. The Bertz CT molecular complexity index is 558. The number of nitrogens with one attached hydrogen (secondary N) is 1. The molecule has 2 N–H and O–H groups in total. The molecule has 2 aromatic rings. The first-order chi connectivity index (χ1) is 8.63. The van der Waals surface area contributed by atoms with Crippen molar-refractivity contribution < 1.29 is 14.6 Å². The van der Waals surface area contributed by atoms with Crippen molar-refractivity contribution in [3.63, 3.8) is 0 Å². The van der Waals surface area contributed by atoms with E-state index in [2.05, 4.69) is 10.2 Å². The van der Waals surface area contributed by atoms with E-state index in [0.717, 1.165) is 17.0 Å². The fourth-order valence-corrected chi connectivity index (χ4v) is 1.82. The van der Waals surface area contributed by atoms with E-state index in [4.69, 9.17) is 9.84 Å². The normalized spacial score (nSPS) is 10.3. The maximum Gasteiger partial charge on any atom is 0.357 e. The predicted molar refractivity (Wildman–Crippen MR) is 66.9 cm³/mol. The summed E-state index contributed by atoms with van der Waals surface area (Å²) >= 11 is 0. The Morgan fingerprint density at radius 2 is 2.06 bits per heavy atom. The SMILES string of the molecule is CCOc1ccc(-c2c(C(=O)O)n[nH]c2C)cc1. The van der Waals surface area contributed by atoms with Gasteiger partial charge in [0.05, 0.1) is 6.61 Å². The molecule has 0 saturated carbocycles. The molecule has 0 atom stereocenters. The van der Waals surface area contributed by atoms with Crippen LogP contribution >= 0.6 is 0 Å². The van der Waals surface area contributed by atoms with Crippen LogP contribution in [0, 0.1) is 6.92 Å². The number of aromatic carboxylic acids is 1. The van der Waals surface area contributed by atoms with E-state index in [1.807, 2.05) is 31.2 Å². The summed E-state index contributed by atoms with van der Waals surface area (Å²) in [6, 6.07) is 7.29. The molecule has 1 aromatic carbocycles. The number of hydrogen-bond donors (Lipinski definition) is 2. The summed E-state index contributed by atoms with van der Waals surface area (Å²) in [5, 5.41) is 15.6. The standard InChI is InChI=1S/C13H14N2O3/c1-3-18-10-6-4-9(5-7-10)11-8(2)14-15-12(11)13(16)17/h4-7H,3H2,1-2H3,(H,14,15)(H,16,17). The van der Waals surface area contributed by atoms with E-state index in [9.17, 15) is 4.79 Å². The second-order valence-corrected chi connectivity index (χ2v) is 3.83. The van der Waals surface area contributed by atoms with Gasteiger partial charge in [-0.3, -0.25) is 5.10 Å². The second kappa shape index (κ2) is 4.91. The fourth-order valence-electron chi connectivity index (χ4n) is 1.82. The van der Waals surface area contributed by atoms with Gasteiger partial charge in [0.15, 0.2) is 5.69 Å². The number of H-pyrrole nitrogens is 1. The van der Waals surface area contributed by atoms with E-state index in [-0.39, 0.29) is 5.69 Å². The molecule has 0 aliphatic carbocycles. The maximum absolute atomic E-state index is 11.1. The van der Waals surface area contributed by atoms with Gasteiger partial charge >= 0.3 is 5.97 Å². The molecule has 0 spiro atoms. The largest absolute Gasteiger partial charge is 0.494 e. The van der Waals surface area contributed by atoms with Crippen LogP contribution in [0.5, 0.6) is 5.75 Å². The number of aromatic nitrogens is 2. The van der Waals surface area contributed by atoms with Crippen molar-refractivity contribution >= 4 is 5.97 Å². The van der Waals surface area contributed by atoms with E-state index >= 15 is 0 Å². The van der Waals surface area contributed by atoms with Crippen LogP contribution in [0.2, 0.25) is 0 Å². The number of ether oxygens (including phenoxy) is 1. The summed E-state index contributed by atoms with van der Waals surface area (Å²) in [5.41, 5.74) is 2.20. The van der Waals surface area contributed by atoms with Crippen molar-refractivity contribution in [1.29, 1.82) is 0 Å². The number of carboxylic acids is 1. The number of aromatic amines is 1. The summed E-state index contributed by atoms with van der Waals surface area (Å²) in [7, 11) is 0. The third-order valence-electron chi connectivity index (χ3n) is 2.60. The molecule has 0 unspecified atom stereocenters. The molecule has 94 valence electrons. The quantitative estimate of drug-likeness (QED) is 0.869. The monoisotopic (exact) mass is 246 g/mol. The van der Waals surface area contributed by atoms with Gasteiger partial charge in [-0.15, -0.1) is 0 Å². The van der Waals surface area contributed by atoms with Gasteiger partial charge in [-0.1, -0.05) is 12.1 Å². The third-order valence-corrected chi connectivity index (χ3v) is 2.60. The van der Waals surface area contributed by atoms with Crippen molar-refractivity contribution in [2.75, 3.05) is 6.61 Å². The molecule has 0 aliphatic rings. The average molecular weight is 246 g/mol. The smallest absolute Gasteiger partial charge is 0.357 e. The zero-order chi connectivity index (χ0) is 13.1. The second-order valence-electron chi connectivity index (χ2n) is 3.83. The van der Waals surface area contributed by atoms with Gasteiger partial charge in [-0.25, -0.2) is 4.79 Å². The number of benzene rings is 1. The first kappa shape index (κ1) is 12.2. The molecule has 0 bridgehead atoms. The molecular weight excluding hydrogens is 232 g/mol. The van der Waals surface area contributed by atoms with Crippen molar-refractivity contribution in [1.82, 2.24) is 10.2 Å². The number of nitrogens with zero attached hydrogens (tertiary/aromatic N) is 1. The number of aryl methyl sites for hydroxylation is 1. The van der Waals surface area contributed by atoms with Crippen LogP contribution < -0.4 is 4.74 Å². The molecule has 0 radical (unpaired) electrons. The summed E-state index contributed by atoms with van der Waals surface area (Å²) < 4.78 is 5.35. The Kier molecular flexibility index (Phi) is 3.32. The highest BCUT2D eigenvalue weighted by atomic mass is 16.5. The van der Waals surface area contributed by atoms with Gasteiger partial charge in [0.25, 0.3) is 0 Å². The Labute approximate surface area is 104 Å². The molecule has 1 heterocycles. The molecule has 0 amide bonds. The lowest BCUT2D eigenvalue weighted by molar-refractivity contribution is 0.0691. The zero-order valence-electron chi connectivity index (χ0n) is 10.2. The van der Waals surface area contributed by atoms with Crippen LogP contribution in [0.3, 0.4) is 0 Å². The minimum Gasteiger partial charge on any atom is -0.494 e. The van der Waals surface area contributed by atoms with Crippen molar-refractivity contribution in [2.45, 2.75) is 13.8 Å². The van der Waals surface area contributed by atoms with Crippen LogP contribution in [-0.4, -0.2) is 27.9 Å². The van der Waals surface area contributed by atoms with E-state index in [0.29, 0.717) is 12.2 Å². The summed E-state index contributed by atoms with van der Waals surface area (Å²) in [5.74, 6) is -0.275. The van der Waals surface area contributed by atoms with E-state index in [1.165, 1.54) is 0 Å². The lowest BCUT2D eigenvalue weighted by atomic mass is 10.0. The predicted octanol–water partition coefficient (Wildman–Crippen LogP) is 2.48. The van der Waals surface area contributed by atoms with Gasteiger partial charge in [0.2, 0.25) is 0 Å². The summed E-state index contributed by atoms with van der Waals surface area (Å²) in [4.78, 5) is 11.1. The fraction of sp³-hybridized carbons (Fsp3) is 0.231. The van der Waals surface area contributed by atoms with Gasteiger partial charge in [-0.2, -0.15) is 5.10 Å².